The first-order chi connectivity index (χ1) is 14.3. The van der Waals surface area contributed by atoms with Crippen LogP contribution in [-0.2, 0) is 0 Å². The zero-order valence-electron chi connectivity index (χ0n) is 16.5. The third-order valence-corrected chi connectivity index (χ3v) is 5.09. The number of piperazine rings is 1. The Labute approximate surface area is 171 Å². The molecule has 0 bridgehead atoms. The highest BCUT2D eigenvalue weighted by Crippen LogP contribution is 2.29. The van der Waals surface area contributed by atoms with Gasteiger partial charge in [0, 0.05) is 56.2 Å². The number of nitrogen functional groups attached to an aromatic ring is 1. The number of nitrogens with zero attached hydrogens (tertiary/aromatic N) is 4. The van der Waals surface area contributed by atoms with E-state index in [4.69, 9.17) is 5.73 Å². The van der Waals surface area contributed by atoms with Crippen molar-refractivity contribution in [1.29, 1.82) is 0 Å². The maximum Gasteiger partial charge on any atom is 0.221 e. The minimum Gasteiger partial charge on any atom is -0.369 e. The van der Waals surface area contributed by atoms with Gasteiger partial charge in [0.15, 0.2) is 0 Å². The van der Waals surface area contributed by atoms with Crippen LogP contribution in [0.1, 0.15) is 6.42 Å². The van der Waals surface area contributed by atoms with E-state index in [1.54, 1.807) is 12.4 Å². The van der Waals surface area contributed by atoms with Crippen LogP contribution in [0.5, 0.6) is 0 Å². The van der Waals surface area contributed by atoms with Gasteiger partial charge in [-0.15, -0.1) is 0 Å². The molecule has 1 aromatic carbocycles. The third kappa shape index (κ3) is 5.07. The maximum atomic E-state index is 5.86. The molecule has 0 amide bonds. The minimum atomic E-state index is 0.277. The van der Waals surface area contributed by atoms with Gasteiger partial charge in [-0.1, -0.05) is 24.3 Å². The van der Waals surface area contributed by atoms with Crippen LogP contribution in [-0.4, -0.2) is 59.1 Å². The van der Waals surface area contributed by atoms with Crippen LogP contribution in [0.15, 0.2) is 54.9 Å². The van der Waals surface area contributed by atoms with Crippen LogP contribution >= 0.6 is 0 Å². The average Bonchev–Trinajstić information content (AvgIpc) is 2.78. The second-order valence-electron chi connectivity index (χ2n) is 7.16. The summed E-state index contributed by atoms with van der Waals surface area (Å²) in [6.07, 6.45) is 4.65. The fraction of sp³-hybridized carbons (Fsp3) is 0.318. The maximum absolute atomic E-state index is 5.86. The Hall–Kier alpha value is -3.03. The van der Waals surface area contributed by atoms with Gasteiger partial charge in [0.2, 0.25) is 5.95 Å². The van der Waals surface area contributed by atoms with Gasteiger partial charge in [-0.2, -0.15) is 4.98 Å². The Morgan fingerprint density at radius 2 is 1.90 bits per heavy atom. The standard InChI is InChI=1S/C22H27N7/c23-22-27-16-19(17-5-3-6-18(15-17)20-7-1-2-8-25-20)21(28-22)26-9-4-12-29-13-10-24-11-14-29/h1-3,5-8,15-16,24H,4,9-14H2,(H3,23,26,27,28). The van der Waals surface area contributed by atoms with Crippen molar-refractivity contribution in [2.24, 2.45) is 0 Å². The molecule has 0 spiro atoms. The summed E-state index contributed by atoms with van der Waals surface area (Å²) < 4.78 is 0. The van der Waals surface area contributed by atoms with Crippen LogP contribution in [0.4, 0.5) is 11.8 Å². The molecule has 1 aliphatic heterocycles. The van der Waals surface area contributed by atoms with Gasteiger partial charge in [0.25, 0.3) is 0 Å². The van der Waals surface area contributed by atoms with E-state index in [2.05, 4.69) is 48.7 Å². The van der Waals surface area contributed by atoms with E-state index in [-0.39, 0.29) is 5.95 Å². The third-order valence-electron chi connectivity index (χ3n) is 5.09. The second kappa shape index (κ2) is 9.45. The fourth-order valence-corrected chi connectivity index (χ4v) is 3.57. The summed E-state index contributed by atoms with van der Waals surface area (Å²) in [6.45, 7) is 6.31. The SMILES string of the molecule is Nc1ncc(-c2cccc(-c3ccccn3)c2)c(NCCCN2CCNCC2)n1. The van der Waals surface area contributed by atoms with Crippen molar-refractivity contribution >= 4 is 11.8 Å². The van der Waals surface area contributed by atoms with Crippen molar-refractivity contribution in [1.82, 2.24) is 25.2 Å². The number of anilines is 2. The van der Waals surface area contributed by atoms with Crippen LogP contribution in [0.2, 0.25) is 0 Å². The molecule has 0 unspecified atom stereocenters. The van der Waals surface area contributed by atoms with Gasteiger partial charge >= 0.3 is 0 Å². The van der Waals surface area contributed by atoms with Crippen LogP contribution in [0.25, 0.3) is 22.4 Å². The van der Waals surface area contributed by atoms with Crippen molar-refractivity contribution in [3.05, 3.63) is 54.9 Å². The Balaban J connectivity index is 1.48. The lowest BCUT2D eigenvalue weighted by Crippen LogP contribution is -2.44. The van der Waals surface area contributed by atoms with Crippen molar-refractivity contribution in [3.63, 3.8) is 0 Å². The Bertz CT molecular complexity index is 923. The number of hydrogen-bond donors (Lipinski definition) is 3. The van der Waals surface area contributed by atoms with Gasteiger partial charge < -0.3 is 21.3 Å². The van der Waals surface area contributed by atoms with Crippen molar-refractivity contribution in [3.8, 4) is 22.4 Å². The van der Waals surface area contributed by atoms with Crippen molar-refractivity contribution in [2.45, 2.75) is 6.42 Å². The predicted molar refractivity (Wildman–Crippen MR) is 118 cm³/mol. The number of nitrogens with two attached hydrogens (primary N) is 1. The first kappa shape index (κ1) is 19.3. The smallest absolute Gasteiger partial charge is 0.221 e. The lowest BCUT2D eigenvalue weighted by Gasteiger charge is -2.27. The molecule has 7 heteroatoms. The summed E-state index contributed by atoms with van der Waals surface area (Å²) in [5, 5.41) is 6.85. The van der Waals surface area contributed by atoms with Gasteiger partial charge in [0.05, 0.1) is 5.69 Å². The predicted octanol–water partition coefficient (Wildman–Crippen LogP) is 2.49. The molecule has 150 valence electrons. The Morgan fingerprint density at radius 3 is 2.72 bits per heavy atom. The molecule has 3 aromatic rings. The van der Waals surface area contributed by atoms with E-state index >= 15 is 0 Å². The molecular weight excluding hydrogens is 362 g/mol. The summed E-state index contributed by atoms with van der Waals surface area (Å²) in [7, 11) is 0. The van der Waals surface area contributed by atoms with Crippen molar-refractivity contribution < 1.29 is 0 Å². The highest BCUT2D eigenvalue weighted by Gasteiger charge is 2.11. The first-order valence-corrected chi connectivity index (χ1v) is 10.1. The number of rotatable bonds is 7. The van der Waals surface area contributed by atoms with Gasteiger partial charge in [0.1, 0.15) is 5.82 Å². The molecule has 0 aliphatic carbocycles. The van der Waals surface area contributed by atoms with Crippen LogP contribution < -0.4 is 16.4 Å². The van der Waals surface area contributed by atoms with E-state index in [9.17, 15) is 0 Å². The fourth-order valence-electron chi connectivity index (χ4n) is 3.57. The normalized spacial score (nSPS) is 14.6. The average molecular weight is 390 g/mol. The molecule has 1 aliphatic rings. The highest BCUT2D eigenvalue weighted by molar-refractivity contribution is 5.78. The molecule has 0 saturated carbocycles. The number of nitrogens with one attached hydrogen (secondary N) is 2. The van der Waals surface area contributed by atoms with E-state index in [1.165, 1.54) is 0 Å². The highest BCUT2D eigenvalue weighted by atomic mass is 15.2. The summed E-state index contributed by atoms with van der Waals surface area (Å²) in [4.78, 5) is 15.6. The lowest BCUT2D eigenvalue weighted by molar-refractivity contribution is 0.240. The van der Waals surface area contributed by atoms with Crippen LogP contribution in [0, 0.1) is 0 Å². The molecule has 3 heterocycles. The Kier molecular flexibility index (Phi) is 6.29. The number of benzene rings is 1. The summed E-state index contributed by atoms with van der Waals surface area (Å²) >= 11 is 0. The molecule has 29 heavy (non-hydrogen) atoms. The molecular formula is C22H27N7. The molecule has 0 atom stereocenters. The molecule has 4 N–H and O–H groups in total. The van der Waals surface area contributed by atoms with E-state index in [1.807, 2.05) is 24.3 Å². The lowest BCUT2D eigenvalue weighted by atomic mass is 10.0. The van der Waals surface area contributed by atoms with E-state index in [0.717, 1.165) is 73.9 Å². The first-order valence-electron chi connectivity index (χ1n) is 10.1. The monoisotopic (exact) mass is 389 g/mol. The minimum absolute atomic E-state index is 0.277. The number of pyridine rings is 1. The largest absolute Gasteiger partial charge is 0.369 e. The number of hydrogen-bond acceptors (Lipinski definition) is 7. The molecule has 2 aromatic heterocycles. The summed E-state index contributed by atoms with van der Waals surface area (Å²) in [5.41, 5.74) is 9.84. The van der Waals surface area contributed by atoms with Crippen molar-refractivity contribution in [2.75, 3.05) is 50.3 Å². The zero-order valence-corrected chi connectivity index (χ0v) is 16.5. The molecule has 4 rings (SSSR count). The molecule has 1 fully saturated rings. The van der Waals surface area contributed by atoms with Gasteiger partial charge in [-0.3, -0.25) is 4.98 Å². The van der Waals surface area contributed by atoms with E-state index < -0.39 is 0 Å². The molecule has 1 saturated heterocycles. The second-order valence-corrected chi connectivity index (χ2v) is 7.16. The quantitative estimate of drug-likeness (QED) is 0.535. The zero-order chi connectivity index (χ0) is 19.9. The number of aromatic nitrogens is 3. The summed E-state index contributed by atoms with van der Waals surface area (Å²) in [5.74, 6) is 1.05. The van der Waals surface area contributed by atoms with Crippen LogP contribution in [0.3, 0.4) is 0 Å². The van der Waals surface area contributed by atoms with Gasteiger partial charge in [-0.05, 0) is 36.7 Å². The summed E-state index contributed by atoms with van der Waals surface area (Å²) in [6, 6.07) is 14.2. The van der Waals surface area contributed by atoms with E-state index in [0.29, 0.717) is 0 Å². The molecule has 7 nitrogen and oxygen atoms in total. The Morgan fingerprint density at radius 1 is 1.03 bits per heavy atom. The van der Waals surface area contributed by atoms with Gasteiger partial charge in [-0.25, -0.2) is 4.98 Å². The molecule has 0 radical (unpaired) electrons. The topological polar surface area (TPSA) is 92.0 Å².